The maximum Gasteiger partial charge on any atom is 0.411 e. The lowest BCUT2D eigenvalue weighted by Crippen LogP contribution is -2.40. The van der Waals surface area contributed by atoms with Crippen LogP contribution in [-0.4, -0.2) is 78.2 Å². The molecular weight excluding hydrogens is 989 g/mol. The minimum atomic E-state index is -3.93. The number of rotatable bonds is 13. The highest BCUT2D eigenvalue weighted by Crippen LogP contribution is 2.39. The number of anilines is 4. The predicted octanol–water partition coefficient (Wildman–Crippen LogP) is 9.97. The van der Waals surface area contributed by atoms with Crippen LogP contribution in [0.2, 0.25) is 0 Å². The van der Waals surface area contributed by atoms with E-state index in [9.17, 15) is 31.2 Å². The van der Waals surface area contributed by atoms with Gasteiger partial charge in [0.15, 0.2) is 0 Å². The van der Waals surface area contributed by atoms with Crippen LogP contribution in [0.1, 0.15) is 87.3 Å². The Morgan fingerprint density at radius 1 is 0.577 bits per heavy atom. The first kappa shape index (κ1) is 55.6. The number of aromatic nitrogens is 4. The molecule has 4 aromatic heterocycles. The zero-order valence-electron chi connectivity index (χ0n) is 41.8. The van der Waals surface area contributed by atoms with Crippen LogP contribution in [0.3, 0.4) is 0 Å². The van der Waals surface area contributed by atoms with Gasteiger partial charge in [-0.05, 0) is 131 Å². The van der Waals surface area contributed by atoms with Gasteiger partial charge in [0.1, 0.15) is 21.4 Å². The standard InChI is InChI=1S/C25H31N5O5S2.C23H29N5O4S2/c1-14(2)35-24(32)29-18-10-15(3)22(26-12-18)23-27-13-20(36-23)19-9-8-17(28-16(4)31)11-21(19)37(33,34)30-25(5,6)7;1-13(2)32-22(29)27-16-9-14(3)20(25-11-16)21-26-12-18(33-21)17-8-7-15(24)10-19(17)34(30,31)28-23(4,5)6/h8-14,30H,1-7H3,(H,28,31)(H,29,32);7-13,28H,24H2,1-6H3,(H,27,29). The van der Waals surface area contributed by atoms with Crippen LogP contribution in [0, 0.1) is 13.8 Å². The molecule has 3 amide bonds. The van der Waals surface area contributed by atoms with Crippen LogP contribution in [0.4, 0.5) is 32.3 Å². The Hall–Kier alpha value is -6.37. The van der Waals surface area contributed by atoms with Gasteiger partial charge in [-0.25, -0.2) is 45.8 Å². The van der Waals surface area contributed by atoms with Crippen LogP contribution >= 0.6 is 22.7 Å². The van der Waals surface area contributed by atoms with Crippen LogP contribution in [-0.2, 0) is 34.3 Å². The molecule has 2 aromatic carbocycles. The number of nitrogen functional groups attached to an aromatic ring is 1. The monoisotopic (exact) mass is 1050 g/mol. The molecule has 6 rings (SSSR count). The molecule has 0 aliphatic heterocycles. The summed E-state index contributed by atoms with van der Waals surface area (Å²) < 4.78 is 68.3. The Bertz CT molecular complexity index is 3160. The van der Waals surface area contributed by atoms with Gasteiger partial charge in [-0.2, -0.15) is 0 Å². The minimum Gasteiger partial charge on any atom is -0.447 e. The zero-order chi connectivity index (χ0) is 52.8. The average Bonchev–Trinajstić information content (AvgIpc) is 3.90. The van der Waals surface area contributed by atoms with Crippen molar-refractivity contribution in [3.05, 3.63) is 84.4 Å². The molecule has 0 saturated carbocycles. The van der Waals surface area contributed by atoms with Crippen molar-refractivity contribution in [3.63, 3.8) is 0 Å². The Labute approximate surface area is 423 Å². The third kappa shape index (κ3) is 15.8. The molecule has 0 fully saturated rings. The molecule has 0 aliphatic carbocycles. The summed E-state index contributed by atoms with van der Waals surface area (Å²) in [6.07, 6.45) is 4.64. The summed E-state index contributed by atoms with van der Waals surface area (Å²) in [4.78, 5) is 54.5. The molecule has 0 bridgehead atoms. The van der Waals surface area contributed by atoms with Gasteiger partial charge in [0.2, 0.25) is 26.0 Å². The Morgan fingerprint density at radius 2 is 0.986 bits per heavy atom. The van der Waals surface area contributed by atoms with Crippen LogP contribution in [0.25, 0.3) is 42.3 Å². The summed E-state index contributed by atoms with van der Waals surface area (Å²) >= 11 is 2.60. The topological polar surface area (TPSA) is 276 Å². The summed E-state index contributed by atoms with van der Waals surface area (Å²) in [7, 11) is -7.76. The maximum atomic E-state index is 13.3. The number of hydrogen-bond donors (Lipinski definition) is 6. The molecular formula is C48H60N10O9S4. The summed E-state index contributed by atoms with van der Waals surface area (Å²) in [5.41, 5.74) is 9.99. The van der Waals surface area contributed by atoms with Crippen molar-refractivity contribution >= 4 is 83.6 Å². The molecule has 0 saturated heterocycles. The molecule has 0 radical (unpaired) electrons. The number of aryl methyl sites for hydroxylation is 2. The van der Waals surface area contributed by atoms with Gasteiger partial charge in [-0.1, -0.05) is 12.1 Å². The van der Waals surface area contributed by atoms with Crippen molar-refractivity contribution in [1.29, 1.82) is 0 Å². The van der Waals surface area contributed by atoms with Crippen LogP contribution < -0.4 is 31.1 Å². The number of thiazole rings is 2. The number of amides is 3. The van der Waals surface area contributed by atoms with Gasteiger partial charge >= 0.3 is 12.2 Å². The lowest BCUT2D eigenvalue weighted by atomic mass is 10.1. The minimum absolute atomic E-state index is 0.0248. The van der Waals surface area contributed by atoms with Crippen molar-refractivity contribution in [1.82, 2.24) is 29.4 Å². The fourth-order valence-corrected chi connectivity index (χ4v) is 12.1. The van der Waals surface area contributed by atoms with E-state index in [4.69, 9.17) is 15.2 Å². The zero-order valence-corrected chi connectivity index (χ0v) is 45.0. The molecule has 7 N–H and O–H groups in total. The van der Waals surface area contributed by atoms with Gasteiger partial charge in [-0.15, -0.1) is 22.7 Å². The summed E-state index contributed by atoms with van der Waals surface area (Å²) in [5, 5.41) is 9.12. The van der Waals surface area contributed by atoms with Crippen molar-refractivity contribution in [2.75, 3.05) is 21.7 Å². The first-order chi connectivity index (χ1) is 32.9. The highest BCUT2D eigenvalue weighted by molar-refractivity contribution is 7.90. The van der Waals surface area contributed by atoms with E-state index in [1.165, 1.54) is 54.1 Å². The highest BCUT2D eigenvalue weighted by Gasteiger charge is 2.28. The van der Waals surface area contributed by atoms with Gasteiger partial charge < -0.3 is 20.5 Å². The maximum absolute atomic E-state index is 13.3. The number of nitrogens with zero attached hydrogens (tertiary/aromatic N) is 4. The van der Waals surface area contributed by atoms with E-state index in [0.717, 1.165) is 11.1 Å². The van der Waals surface area contributed by atoms with Crippen molar-refractivity contribution in [2.45, 2.75) is 123 Å². The third-order valence-electron chi connectivity index (χ3n) is 9.05. The molecule has 0 spiro atoms. The number of carbonyl (C=O) groups is 3. The number of sulfonamides is 2. The number of nitrogens with one attached hydrogen (secondary N) is 5. The Balaban J connectivity index is 0.000000265. The first-order valence-corrected chi connectivity index (χ1v) is 26.7. The molecule has 0 unspecified atom stereocenters. The summed E-state index contributed by atoms with van der Waals surface area (Å²) in [5.74, 6) is -0.308. The third-order valence-corrected chi connectivity index (χ3v) is 14.7. The number of ether oxygens (including phenoxy) is 2. The smallest absolute Gasteiger partial charge is 0.411 e. The van der Waals surface area contributed by atoms with E-state index in [1.54, 1.807) is 118 Å². The van der Waals surface area contributed by atoms with E-state index in [0.29, 0.717) is 65.0 Å². The van der Waals surface area contributed by atoms with E-state index in [-0.39, 0.29) is 27.9 Å². The highest BCUT2D eigenvalue weighted by atomic mass is 32.2. The molecule has 71 heavy (non-hydrogen) atoms. The molecule has 23 heteroatoms. The quantitative estimate of drug-likeness (QED) is 0.0588. The first-order valence-electron chi connectivity index (χ1n) is 22.1. The number of pyridine rings is 2. The number of hydrogen-bond acceptors (Lipinski definition) is 16. The second-order valence-electron chi connectivity index (χ2n) is 18.9. The lowest BCUT2D eigenvalue weighted by molar-refractivity contribution is -0.114. The van der Waals surface area contributed by atoms with E-state index in [1.807, 2.05) is 13.8 Å². The molecule has 0 aliphatic rings. The Kier molecular flexibility index (Phi) is 17.5. The second kappa shape index (κ2) is 22.4. The van der Waals surface area contributed by atoms with E-state index in [2.05, 4.69) is 45.3 Å². The fourth-order valence-electron chi connectivity index (χ4n) is 6.58. The van der Waals surface area contributed by atoms with Crippen molar-refractivity contribution in [3.8, 4) is 42.3 Å². The van der Waals surface area contributed by atoms with Gasteiger partial charge in [-0.3, -0.25) is 25.4 Å². The van der Waals surface area contributed by atoms with Gasteiger partial charge in [0.05, 0.1) is 55.5 Å². The molecule has 19 nitrogen and oxygen atoms in total. The van der Waals surface area contributed by atoms with Gasteiger partial charge in [0.25, 0.3) is 0 Å². The van der Waals surface area contributed by atoms with Gasteiger partial charge in [0, 0.05) is 52.9 Å². The second-order valence-corrected chi connectivity index (χ2v) is 24.2. The largest absolute Gasteiger partial charge is 0.447 e. The number of nitrogens with two attached hydrogens (primary N) is 1. The normalized spacial score (nSPS) is 12.0. The molecule has 6 aromatic rings. The van der Waals surface area contributed by atoms with Crippen molar-refractivity contribution < 1.29 is 40.7 Å². The molecule has 380 valence electrons. The lowest BCUT2D eigenvalue weighted by Gasteiger charge is -2.22. The molecule has 4 heterocycles. The SMILES string of the molecule is CC(=O)Nc1ccc(-c2cnc(-c3ncc(NC(=O)OC(C)C)cc3C)s2)c(S(=O)(=O)NC(C)(C)C)c1.Cc1cc(NC(=O)OC(C)C)cnc1-c1ncc(-c2ccc(N)cc2S(=O)(=O)NC(C)(C)C)s1. The van der Waals surface area contributed by atoms with Crippen molar-refractivity contribution in [2.24, 2.45) is 0 Å². The van der Waals surface area contributed by atoms with E-state index < -0.39 is 43.3 Å². The fraction of sp³-hybridized carbons (Fsp3) is 0.354. The average molecular weight is 1050 g/mol. The summed E-state index contributed by atoms with van der Waals surface area (Å²) in [6.45, 7) is 22.7. The Morgan fingerprint density at radius 3 is 1.37 bits per heavy atom. The number of carbonyl (C=O) groups excluding carboxylic acids is 3. The number of benzene rings is 2. The summed E-state index contributed by atoms with van der Waals surface area (Å²) in [6, 6.07) is 13.0. The van der Waals surface area contributed by atoms with E-state index >= 15 is 0 Å². The molecule has 0 atom stereocenters. The van der Waals surface area contributed by atoms with Crippen LogP contribution in [0.15, 0.2) is 83.1 Å². The predicted molar refractivity (Wildman–Crippen MR) is 280 cm³/mol. The van der Waals surface area contributed by atoms with Crippen LogP contribution in [0.5, 0.6) is 0 Å².